The zero-order chi connectivity index (χ0) is 20.3. The molecule has 0 radical (unpaired) electrons. The topological polar surface area (TPSA) is 55.4 Å². The minimum Gasteiger partial charge on any atom is -0.376 e. The number of nitrogens with one attached hydrogen (secondary N) is 1. The molecule has 1 aliphatic rings. The maximum absolute atomic E-state index is 12.7. The molecule has 1 aliphatic heterocycles. The normalized spacial score (nSPS) is 24.0. The molecule has 1 saturated heterocycles. The largest absolute Gasteiger partial charge is 0.534 e. The Labute approximate surface area is 164 Å². The van der Waals surface area contributed by atoms with E-state index >= 15 is 0 Å². The van der Waals surface area contributed by atoms with Crippen molar-refractivity contribution in [2.24, 2.45) is 0 Å². The predicted octanol–water partition coefficient (Wildman–Crippen LogP) is 4.33. The molecule has 0 aromatic heterocycles. The van der Waals surface area contributed by atoms with E-state index in [0.717, 1.165) is 55.5 Å². The highest BCUT2D eigenvalue weighted by Gasteiger charge is 2.48. The molecule has 0 amide bonds. The molecule has 1 fully saturated rings. The van der Waals surface area contributed by atoms with Gasteiger partial charge >= 0.3 is 15.6 Å². The van der Waals surface area contributed by atoms with Crippen molar-refractivity contribution < 1.29 is 25.8 Å². The molecule has 27 heavy (non-hydrogen) atoms. The number of hydrogen-bond donors (Lipinski definition) is 2. The second kappa shape index (κ2) is 8.61. The fraction of sp³-hybridized carbons (Fsp3) is 0.667. The van der Waals surface area contributed by atoms with Crippen LogP contribution >= 0.6 is 12.6 Å². The molecule has 1 heterocycles. The highest BCUT2D eigenvalue weighted by molar-refractivity contribution is 7.88. The smallest absolute Gasteiger partial charge is 0.376 e. The number of unbranched alkanes of at least 4 members (excludes halogenated alkanes) is 1. The van der Waals surface area contributed by atoms with Gasteiger partial charge in [0.05, 0.1) is 0 Å². The highest BCUT2D eigenvalue weighted by Crippen LogP contribution is 2.43. The number of halogens is 3. The average molecular weight is 426 g/mol. The molecular weight excluding hydrogens is 399 g/mol. The lowest BCUT2D eigenvalue weighted by molar-refractivity contribution is -0.0500. The van der Waals surface area contributed by atoms with Gasteiger partial charge in [-0.2, -0.15) is 34.2 Å². The SMILES string of the molecule is Cc1ccc(OS(=O)(=O)C(F)(F)F)cc1C1(CCCCS)CCNC(C)C1. The minimum atomic E-state index is -5.69. The Morgan fingerprint density at radius 3 is 2.63 bits per heavy atom. The molecule has 0 spiro atoms. The molecule has 0 saturated carbocycles. The van der Waals surface area contributed by atoms with Crippen LogP contribution in [0.1, 0.15) is 50.2 Å². The lowest BCUT2D eigenvalue weighted by Gasteiger charge is -2.42. The van der Waals surface area contributed by atoms with Crippen LogP contribution in [0.4, 0.5) is 13.2 Å². The van der Waals surface area contributed by atoms with Crippen LogP contribution in [0.25, 0.3) is 0 Å². The van der Waals surface area contributed by atoms with Crippen molar-refractivity contribution in [3.8, 4) is 5.75 Å². The Kier molecular flexibility index (Phi) is 7.13. The lowest BCUT2D eigenvalue weighted by atomic mass is 9.67. The Hall–Kier alpha value is -0.930. The molecule has 154 valence electrons. The first-order valence-electron chi connectivity index (χ1n) is 8.97. The second-order valence-electron chi connectivity index (χ2n) is 7.23. The summed E-state index contributed by atoms with van der Waals surface area (Å²) in [4.78, 5) is 0. The molecule has 1 aromatic carbocycles. The molecule has 1 N–H and O–H groups in total. The number of alkyl halides is 3. The number of benzene rings is 1. The third kappa shape index (κ3) is 5.32. The van der Waals surface area contributed by atoms with E-state index in [0.29, 0.717) is 0 Å². The first-order valence-corrected chi connectivity index (χ1v) is 11.0. The Morgan fingerprint density at radius 1 is 1.33 bits per heavy atom. The van der Waals surface area contributed by atoms with E-state index in [-0.39, 0.29) is 17.2 Å². The summed E-state index contributed by atoms with van der Waals surface area (Å²) < 4.78 is 65.1. The van der Waals surface area contributed by atoms with Crippen LogP contribution in [-0.4, -0.2) is 32.3 Å². The van der Waals surface area contributed by atoms with Crippen LogP contribution in [-0.2, 0) is 15.5 Å². The average Bonchev–Trinajstić information content (AvgIpc) is 2.55. The number of thiol groups is 1. The standard InChI is InChI=1S/C18H26F3NO3S2/c1-13-5-6-15(25-27(23,24)18(19,20)21)11-16(13)17(7-3-4-10-26)8-9-22-14(2)12-17/h5-6,11,14,22,26H,3-4,7-10,12H2,1-2H3. The fourth-order valence-electron chi connectivity index (χ4n) is 3.90. The van der Waals surface area contributed by atoms with Gasteiger partial charge in [0.2, 0.25) is 0 Å². The van der Waals surface area contributed by atoms with Gasteiger partial charge in [0.1, 0.15) is 5.75 Å². The molecule has 9 heteroatoms. The number of piperidine rings is 1. The molecule has 0 bridgehead atoms. The molecule has 0 aliphatic carbocycles. The second-order valence-corrected chi connectivity index (χ2v) is 9.22. The maximum atomic E-state index is 12.7. The van der Waals surface area contributed by atoms with Crippen LogP contribution in [0.2, 0.25) is 0 Å². The summed E-state index contributed by atoms with van der Waals surface area (Å²) in [5, 5.41) is 3.40. The quantitative estimate of drug-likeness (QED) is 0.295. The van der Waals surface area contributed by atoms with E-state index in [1.165, 1.54) is 12.1 Å². The lowest BCUT2D eigenvalue weighted by Crippen LogP contribution is -2.45. The molecule has 2 unspecified atom stereocenters. The summed E-state index contributed by atoms with van der Waals surface area (Å²) in [6, 6.07) is 4.63. The van der Waals surface area contributed by atoms with Gasteiger partial charge in [-0.05, 0) is 80.5 Å². The van der Waals surface area contributed by atoms with Crippen molar-refractivity contribution in [3.05, 3.63) is 29.3 Å². The third-order valence-electron chi connectivity index (χ3n) is 5.13. The monoisotopic (exact) mass is 425 g/mol. The van der Waals surface area contributed by atoms with Crippen LogP contribution in [0.15, 0.2) is 18.2 Å². The van der Waals surface area contributed by atoms with Crippen molar-refractivity contribution in [1.82, 2.24) is 5.32 Å². The van der Waals surface area contributed by atoms with E-state index in [1.807, 2.05) is 6.92 Å². The summed E-state index contributed by atoms with van der Waals surface area (Å²) in [5.74, 6) is 0.475. The summed E-state index contributed by atoms with van der Waals surface area (Å²) in [6.45, 7) is 4.77. The van der Waals surface area contributed by atoms with E-state index in [4.69, 9.17) is 0 Å². The van der Waals surface area contributed by atoms with E-state index in [9.17, 15) is 21.6 Å². The van der Waals surface area contributed by atoms with Crippen molar-refractivity contribution in [2.45, 2.75) is 62.9 Å². The van der Waals surface area contributed by atoms with Gasteiger partial charge in [0.25, 0.3) is 0 Å². The van der Waals surface area contributed by atoms with Gasteiger partial charge in [-0.25, -0.2) is 0 Å². The first kappa shape index (κ1) is 22.4. The molecule has 2 atom stereocenters. The Bertz CT molecular complexity index is 753. The van der Waals surface area contributed by atoms with Crippen molar-refractivity contribution in [1.29, 1.82) is 0 Å². The van der Waals surface area contributed by atoms with Crippen LogP contribution in [0, 0.1) is 6.92 Å². The van der Waals surface area contributed by atoms with Gasteiger partial charge in [0, 0.05) is 6.04 Å². The summed E-state index contributed by atoms with van der Waals surface area (Å²) >= 11 is 4.26. The van der Waals surface area contributed by atoms with Gasteiger partial charge in [-0.15, -0.1) is 0 Å². The summed E-state index contributed by atoms with van der Waals surface area (Å²) in [7, 11) is -5.69. The molecule has 2 rings (SSSR count). The van der Waals surface area contributed by atoms with Crippen LogP contribution < -0.4 is 9.50 Å². The van der Waals surface area contributed by atoms with Crippen molar-refractivity contribution in [2.75, 3.05) is 12.3 Å². The van der Waals surface area contributed by atoms with Gasteiger partial charge in [0.15, 0.2) is 0 Å². The van der Waals surface area contributed by atoms with Gasteiger partial charge in [-0.1, -0.05) is 12.5 Å². The predicted molar refractivity (Wildman–Crippen MR) is 103 cm³/mol. The Balaban J connectivity index is 2.41. The molecular formula is C18H26F3NO3S2. The molecule has 1 aromatic rings. The van der Waals surface area contributed by atoms with Crippen LogP contribution in [0.5, 0.6) is 5.75 Å². The van der Waals surface area contributed by atoms with Gasteiger partial charge in [-0.3, -0.25) is 0 Å². The van der Waals surface area contributed by atoms with E-state index in [1.54, 1.807) is 6.07 Å². The van der Waals surface area contributed by atoms with Crippen LogP contribution in [0.3, 0.4) is 0 Å². The number of aryl methyl sites for hydroxylation is 1. The van der Waals surface area contributed by atoms with Crippen molar-refractivity contribution in [3.63, 3.8) is 0 Å². The first-order chi connectivity index (χ1) is 12.5. The van der Waals surface area contributed by atoms with Gasteiger partial charge < -0.3 is 9.50 Å². The molecule has 4 nitrogen and oxygen atoms in total. The fourth-order valence-corrected chi connectivity index (χ4v) is 4.57. The number of rotatable bonds is 7. The summed E-state index contributed by atoms with van der Waals surface area (Å²) in [6.07, 6.45) is 4.43. The zero-order valence-corrected chi connectivity index (χ0v) is 17.2. The number of hydrogen-bond acceptors (Lipinski definition) is 5. The van der Waals surface area contributed by atoms with E-state index < -0.39 is 15.6 Å². The maximum Gasteiger partial charge on any atom is 0.534 e. The highest BCUT2D eigenvalue weighted by atomic mass is 32.2. The van der Waals surface area contributed by atoms with Crippen molar-refractivity contribution >= 4 is 22.7 Å². The zero-order valence-electron chi connectivity index (χ0n) is 15.5. The minimum absolute atomic E-state index is 0.223. The third-order valence-corrected chi connectivity index (χ3v) is 6.42. The Morgan fingerprint density at radius 2 is 2.04 bits per heavy atom. The summed E-state index contributed by atoms with van der Waals surface area (Å²) in [5.41, 5.74) is -3.89. The van der Waals surface area contributed by atoms with E-state index in [2.05, 4.69) is 29.1 Å².